The van der Waals surface area contributed by atoms with Gasteiger partial charge in [0.25, 0.3) is 0 Å². The average Bonchev–Trinajstić information content (AvgIpc) is 3.35. The zero-order chi connectivity index (χ0) is 49.9. The van der Waals surface area contributed by atoms with Gasteiger partial charge in [-0.05, 0) is 57.8 Å². The first-order valence-corrected chi connectivity index (χ1v) is 30.3. The van der Waals surface area contributed by atoms with Crippen molar-refractivity contribution in [1.82, 2.24) is 0 Å². The summed E-state index contributed by atoms with van der Waals surface area (Å²) in [5.74, 6) is -0.591. The number of aliphatic hydroxyl groups excluding tert-OH is 1. The summed E-state index contributed by atoms with van der Waals surface area (Å²) in [6.07, 6.45) is 80.8. The second-order valence-electron chi connectivity index (χ2n) is 20.4. The Labute approximate surface area is 430 Å². The number of hydrogen-bond donors (Lipinski definition) is 1. The molecule has 0 aromatic carbocycles. The van der Waals surface area contributed by atoms with Gasteiger partial charge in [0.1, 0.15) is 6.61 Å². The number of carbonyl (C=O) groups is 2. The third kappa shape index (κ3) is 58.1. The van der Waals surface area contributed by atoms with Gasteiger partial charge in [0.2, 0.25) is 0 Å². The molecule has 0 fully saturated rings. The molecule has 0 aromatic heterocycles. The maximum Gasteiger partial charge on any atom is 0.306 e. The van der Waals surface area contributed by atoms with Crippen molar-refractivity contribution in [2.45, 2.75) is 322 Å². The summed E-state index contributed by atoms with van der Waals surface area (Å²) < 4.78 is 10.7. The molecular weight excluding hydrogens is 849 g/mol. The first kappa shape index (κ1) is 66.6. The standard InChI is InChI=1S/C64H116O5/c1-3-5-7-9-11-13-15-17-19-21-23-25-27-28-29-30-31-32-33-34-35-37-38-40-42-44-46-48-50-52-54-56-58-63(66)68-61-62(60-65)69-64(67)59-57-55-53-51-49-47-45-43-41-39-36-26-24-22-20-18-16-14-12-10-8-6-4-2/h6,8,12,14,18,20,24,26,39,41,62,65H,3-5,7,9-11,13,15-17,19,21-23,25,27-38,40,42-61H2,1-2H3/b8-6-,14-12-,20-18-,26-24-,41-39-. The minimum absolute atomic E-state index is 0.0691. The van der Waals surface area contributed by atoms with Crippen LogP contribution in [0.2, 0.25) is 0 Å². The number of hydrogen-bond acceptors (Lipinski definition) is 5. The van der Waals surface area contributed by atoms with Gasteiger partial charge in [-0.3, -0.25) is 9.59 Å². The number of allylic oxidation sites excluding steroid dienone is 10. The van der Waals surface area contributed by atoms with Crippen LogP contribution in [-0.2, 0) is 19.1 Å². The van der Waals surface area contributed by atoms with Crippen molar-refractivity contribution >= 4 is 11.9 Å². The van der Waals surface area contributed by atoms with E-state index in [-0.39, 0.29) is 25.2 Å². The van der Waals surface area contributed by atoms with Gasteiger partial charge in [-0.1, -0.05) is 306 Å². The first-order chi connectivity index (χ1) is 34.1. The fourth-order valence-corrected chi connectivity index (χ4v) is 9.06. The molecule has 0 bridgehead atoms. The van der Waals surface area contributed by atoms with Gasteiger partial charge in [-0.25, -0.2) is 0 Å². The van der Waals surface area contributed by atoms with Crippen LogP contribution in [0.3, 0.4) is 0 Å². The SMILES string of the molecule is CC/C=C\C/C=C\C/C=C\C/C=C\C/C=C\CCCCCCCCCC(=O)OC(CO)COC(=O)CCCCCCCCCCCCCCCCCCCCCCCCCCCCCCCCCC. The monoisotopic (exact) mass is 965 g/mol. The third-order valence-electron chi connectivity index (χ3n) is 13.6. The van der Waals surface area contributed by atoms with Crippen LogP contribution < -0.4 is 0 Å². The lowest BCUT2D eigenvalue weighted by atomic mass is 10.0. The third-order valence-corrected chi connectivity index (χ3v) is 13.6. The van der Waals surface area contributed by atoms with Crippen LogP contribution in [0.15, 0.2) is 60.8 Å². The van der Waals surface area contributed by atoms with E-state index in [0.717, 1.165) is 77.0 Å². The van der Waals surface area contributed by atoms with E-state index in [9.17, 15) is 14.7 Å². The highest BCUT2D eigenvalue weighted by Crippen LogP contribution is 2.18. The van der Waals surface area contributed by atoms with E-state index < -0.39 is 6.10 Å². The van der Waals surface area contributed by atoms with Crippen molar-refractivity contribution in [2.24, 2.45) is 0 Å². The van der Waals surface area contributed by atoms with Gasteiger partial charge in [0.15, 0.2) is 6.10 Å². The molecule has 0 aliphatic heterocycles. The van der Waals surface area contributed by atoms with Crippen LogP contribution in [0, 0.1) is 0 Å². The normalized spacial score (nSPS) is 12.6. The van der Waals surface area contributed by atoms with Crippen LogP contribution >= 0.6 is 0 Å². The Balaban J connectivity index is 3.44. The van der Waals surface area contributed by atoms with Crippen LogP contribution in [0.25, 0.3) is 0 Å². The number of ether oxygens (including phenoxy) is 2. The summed E-state index contributed by atoms with van der Waals surface area (Å²) in [5.41, 5.74) is 0. The van der Waals surface area contributed by atoms with Crippen molar-refractivity contribution in [2.75, 3.05) is 13.2 Å². The molecule has 1 unspecified atom stereocenters. The molecule has 0 heterocycles. The summed E-state index contributed by atoms with van der Waals surface area (Å²) in [5, 5.41) is 9.66. The van der Waals surface area contributed by atoms with Crippen LogP contribution in [0.5, 0.6) is 0 Å². The number of esters is 2. The smallest absolute Gasteiger partial charge is 0.306 e. The summed E-state index contributed by atoms with van der Waals surface area (Å²) in [7, 11) is 0. The van der Waals surface area contributed by atoms with Crippen molar-refractivity contribution in [3.63, 3.8) is 0 Å². The molecule has 0 aliphatic rings. The molecule has 0 rings (SSSR count). The van der Waals surface area contributed by atoms with Gasteiger partial charge < -0.3 is 14.6 Å². The zero-order valence-corrected chi connectivity index (χ0v) is 46.1. The fourth-order valence-electron chi connectivity index (χ4n) is 9.06. The Kier molecular flexibility index (Phi) is 57.8. The highest BCUT2D eigenvalue weighted by Gasteiger charge is 2.16. The molecule has 1 atom stereocenters. The van der Waals surface area contributed by atoms with Crippen molar-refractivity contribution < 1.29 is 24.2 Å². The molecule has 69 heavy (non-hydrogen) atoms. The molecular formula is C64H116O5. The quantitative estimate of drug-likeness (QED) is 0.0373. The van der Waals surface area contributed by atoms with E-state index in [1.165, 1.54) is 212 Å². The maximum atomic E-state index is 12.3. The Hall–Kier alpha value is -2.40. The molecule has 0 amide bonds. The summed E-state index contributed by atoms with van der Waals surface area (Å²) in [6, 6.07) is 0. The second-order valence-corrected chi connectivity index (χ2v) is 20.4. The summed E-state index contributed by atoms with van der Waals surface area (Å²) in [4.78, 5) is 24.5. The van der Waals surface area contributed by atoms with Gasteiger partial charge in [0, 0.05) is 12.8 Å². The summed E-state index contributed by atoms with van der Waals surface area (Å²) >= 11 is 0. The van der Waals surface area contributed by atoms with Crippen molar-refractivity contribution in [3.05, 3.63) is 60.8 Å². The van der Waals surface area contributed by atoms with Crippen LogP contribution in [0.4, 0.5) is 0 Å². The van der Waals surface area contributed by atoms with Gasteiger partial charge in [-0.15, -0.1) is 0 Å². The molecule has 0 spiro atoms. The zero-order valence-electron chi connectivity index (χ0n) is 46.1. The highest BCUT2D eigenvalue weighted by molar-refractivity contribution is 5.70. The van der Waals surface area contributed by atoms with E-state index in [1.54, 1.807) is 0 Å². The predicted octanol–water partition coefficient (Wildman–Crippen LogP) is 20.6. The molecule has 5 heteroatoms. The molecule has 1 N–H and O–H groups in total. The second kappa shape index (κ2) is 59.9. The number of carbonyl (C=O) groups excluding carboxylic acids is 2. The van der Waals surface area contributed by atoms with Crippen molar-refractivity contribution in [3.8, 4) is 0 Å². The van der Waals surface area contributed by atoms with Crippen LogP contribution in [0.1, 0.15) is 316 Å². The largest absolute Gasteiger partial charge is 0.462 e. The lowest BCUT2D eigenvalue weighted by Gasteiger charge is -2.15. The number of unbranched alkanes of at least 4 members (excludes halogenated alkanes) is 38. The lowest BCUT2D eigenvalue weighted by molar-refractivity contribution is -0.161. The average molecular weight is 966 g/mol. The molecule has 0 aromatic rings. The minimum Gasteiger partial charge on any atom is -0.462 e. The Morgan fingerprint density at radius 1 is 0.348 bits per heavy atom. The number of aliphatic hydroxyl groups is 1. The van der Waals surface area contributed by atoms with E-state index in [0.29, 0.717) is 12.8 Å². The topological polar surface area (TPSA) is 72.8 Å². The van der Waals surface area contributed by atoms with E-state index in [2.05, 4.69) is 74.6 Å². The van der Waals surface area contributed by atoms with E-state index in [1.807, 2.05) is 0 Å². The molecule has 402 valence electrons. The summed E-state index contributed by atoms with van der Waals surface area (Å²) in [6.45, 7) is 4.06. The molecule has 0 saturated heterocycles. The maximum absolute atomic E-state index is 12.3. The van der Waals surface area contributed by atoms with Gasteiger partial charge in [-0.2, -0.15) is 0 Å². The Morgan fingerprint density at radius 3 is 0.942 bits per heavy atom. The molecule has 5 nitrogen and oxygen atoms in total. The molecule has 0 aliphatic carbocycles. The van der Waals surface area contributed by atoms with Gasteiger partial charge >= 0.3 is 11.9 Å². The fraction of sp³-hybridized carbons (Fsp3) is 0.812. The molecule has 0 saturated carbocycles. The van der Waals surface area contributed by atoms with Gasteiger partial charge in [0.05, 0.1) is 6.61 Å². The number of rotatable bonds is 56. The minimum atomic E-state index is -0.780. The van der Waals surface area contributed by atoms with E-state index in [4.69, 9.17) is 9.47 Å². The van der Waals surface area contributed by atoms with Crippen molar-refractivity contribution in [1.29, 1.82) is 0 Å². The highest BCUT2D eigenvalue weighted by atomic mass is 16.6. The Morgan fingerprint density at radius 2 is 0.623 bits per heavy atom. The van der Waals surface area contributed by atoms with Crippen LogP contribution in [-0.4, -0.2) is 36.4 Å². The first-order valence-electron chi connectivity index (χ1n) is 30.3. The van der Waals surface area contributed by atoms with E-state index >= 15 is 0 Å². The predicted molar refractivity (Wildman–Crippen MR) is 302 cm³/mol. The molecule has 0 radical (unpaired) electrons. The Bertz CT molecular complexity index is 1180. The lowest BCUT2D eigenvalue weighted by Crippen LogP contribution is -2.28.